The van der Waals surface area contributed by atoms with Crippen LogP contribution in [-0.2, 0) is 38.4 Å². The first-order valence-electron chi connectivity index (χ1n) is 18.5. The molecule has 2 unspecified atom stereocenters. The molecule has 3 aromatic carbocycles. The first-order valence-corrected chi connectivity index (χ1v) is 18.9. The van der Waals surface area contributed by atoms with Crippen molar-refractivity contribution in [3.8, 4) is 0 Å². The molecular weight excluding hydrogens is 708 g/mol. The minimum atomic E-state index is -0.880. The van der Waals surface area contributed by atoms with Crippen LogP contribution in [0.25, 0.3) is 0 Å². The van der Waals surface area contributed by atoms with Crippen LogP contribution in [0.5, 0.6) is 0 Å². The van der Waals surface area contributed by atoms with Crippen LogP contribution in [0.15, 0.2) is 72.8 Å². The van der Waals surface area contributed by atoms with Crippen LogP contribution in [0, 0.1) is 0 Å². The number of hydrogen-bond acceptors (Lipinski definition) is 8. The summed E-state index contributed by atoms with van der Waals surface area (Å²) in [6.45, 7) is 14.0. The van der Waals surface area contributed by atoms with Crippen LogP contribution < -0.4 is 20.9 Å². The Kier molecular flexibility index (Phi) is 13.0. The minimum Gasteiger partial charge on any atom is -0.444 e. The van der Waals surface area contributed by atoms with Crippen LogP contribution >= 0.6 is 11.6 Å². The van der Waals surface area contributed by atoms with Crippen molar-refractivity contribution in [1.82, 2.24) is 20.4 Å². The number of nitrogens with one attached hydrogen (secondary N) is 3. The molecule has 0 bridgehead atoms. The molecule has 1 fully saturated rings. The van der Waals surface area contributed by atoms with Gasteiger partial charge in [0.05, 0.1) is 17.9 Å². The molecule has 2 aliphatic rings. The fraction of sp³-hybridized carbons (Fsp3) is 0.463. The summed E-state index contributed by atoms with van der Waals surface area (Å²) in [7, 11) is 0. The summed E-state index contributed by atoms with van der Waals surface area (Å²) in [5, 5.41) is 9.80. The Balaban J connectivity index is 1.27. The van der Waals surface area contributed by atoms with Crippen LogP contribution in [-0.4, -0.2) is 96.4 Å². The van der Waals surface area contributed by atoms with Gasteiger partial charge in [0, 0.05) is 57.1 Å². The average molecular weight is 761 g/mol. The molecule has 0 aliphatic carbocycles. The van der Waals surface area contributed by atoms with Crippen molar-refractivity contribution in [1.29, 1.82) is 0 Å². The highest BCUT2D eigenvalue weighted by Crippen LogP contribution is 2.28. The predicted molar refractivity (Wildman–Crippen MR) is 211 cm³/mol. The first-order chi connectivity index (χ1) is 25.6. The van der Waals surface area contributed by atoms with E-state index in [0.717, 1.165) is 28.1 Å². The smallest absolute Gasteiger partial charge is 0.411 e. The number of rotatable bonds is 10. The molecule has 5 rings (SSSR count). The third-order valence-electron chi connectivity index (χ3n) is 9.09. The Labute approximate surface area is 323 Å². The largest absolute Gasteiger partial charge is 0.444 e. The lowest BCUT2D eigenvalue weighted by Gasteiger charge is -2.39. The van der Waals surface area contributed by atoms with E-state index in [2.05, 4.69) is 20.9 Å². The summed E-state index contributed by atoms with van der Waals surface area (Å²) in [5.41, 5.74) is 3.36. The Morgan fingerprint density at radius 3 is 2.09 bits per heavy atom. The highest BCUT2D eigenvalue weighted by Gasteiger charge is 2.39. The maximum absolute atomic E-state index is 14.3. The van der Waals surface area contributed by atoms with E-state index in [-0.39, 0.29) is 18.9 Å². The molecule has 4 amide bonds. The number of ether oxygens (including phenoxy) is 2. The standard InChI is InChI=1S/C41H53ClN6O6/c1-40(2,3)53-38(51)44-20-19-43-32-13-9-10-14-34(32)46-21-23-47(24-22-46)37(50)33(25-28-15-17-31(42)18-16-28)45-36(49)35-26-29-11-7-8-12-30(29)27-48(35)39(52)54-41(4,5)6/h7-18,33,35,43H,19-27H2,1-6H3,(H,44,51)(H,45,49). The lowest BCUT2D eigenvalue weighted by Crippen LogP contribution is -2.59. The normalized spacial score (nSPS) is 16.5. The van der Waals surface area contributed by atoms with Gasteiger partial charge in [-0.15, -0.1) is 0 Å². The summed E-state index contributed by atoms with van der Waals surface area (Å²) in [6, 6.07) is 21.2. The fourth-order valence-corrected chi connectivity index (χ4v) is 6.68. The summed E-state index contributed by atoms with van der Waals surface area (Å²) in [6.07, 6.45) is -0.495. The van der Waals surface area contributed by atoms with E-state index in [0.29, 0.717) is 50.7 Å². The molecule has 2 heterocycles. The Morgan fingerprint density at radius 1 is 0.796 bits per heavy atom. The molecule has 0 saturated carbocycles. The van der Waals surface area contributed by atoms with E-state index in [1.54, 1.807) is 37.8 Å². The molecule has 12 nitrogen and oxygen atoms in total. The van der Waals surface area contributed by atoms with Gasteiger partial charge in [0.15, 0.2) is 0 Å². The summed E-state index contributed by atoms with van der Waals surface area (Å²) in [5.74, 6) is -0.611. The van der Waals surface area contributed by atoms with Crippen molar-refractivity contribution < 1.29 is 28.7 Å². The lowest BCUT2D eigenvalue weighted by atomic mass is 9.93. The van der Waals surface area contributed by atoms with Gasteiger partial charge in [-0.1, -0.05) is 60.1 Å². The predicted octanol–water partition coefficient (Wildman–Crippen LogP) is 6.01. The van der Waals surface area contributed by atoms with Gasteiger partial charge in [-0.2, -0.15) is 0 Å². The summed E-state index contributed by atoms with van der Waals surface area (Å²) in [4.78, 5) is 59.5. The van der Waals surface area contributed by atoms with E-state index in [4.69, 9.17) is 21.1 Å². The molecule has 3 N–H and O–H groups in total. The monoisotopic (exact) mass is 760 g/mol. The van der Waals surface area contributed by atoms with E-state index in [1.807, 2.05) is 81.4 Å². The fourth-order valence-electron chi connectivity index (χ4n) is 6.56. The van der Waals surface area contributed by atoms with Gasteiger partial charge in [0.1, 0.15) is 23.3 Å². The number of halogens is 1. The molecule has 0 aromatic heterocycles. The number of piperazine rings is 1. The van der Waals surface area contributed by atoms with Crippen LogP contribution in [0.3, 0.4) is 0 Å². The summed E-state index contributed by atoms with van der Waals surface area (Å²) >= 11 is 6.17. The third-order valence-corrected chi connectivity index (χ3v) is 9.34. The van der Waals surface area contributed by atoms with E-state index >= 15 is 0 Å². The van der Waals surface area contributed by atoms with E-state index < -0.39 is 41.4 Å². The Morgan fingerprint density at radius 2 is 1.43 bits per heavy atom. The van der Waals surface area contributed by atoms with Crippen molar-refractivity contribution in [3.63, 3.8) is 0 Å². The maximum Gasteiger partial charge on any atom is 0.411 e. The number of para-hydroxylation sites is 2. The van der Waals surface area contributed by atoms with Crippen molar-refractivity contribution in [2.75, 3.05) is 49.5 Å². The number of carbonyl (C=O) groups excluding carboxylic acids is 4. The number of fused-ring (bicyclic) bond motifs is 1. The molecule has 54 heavy (non-hydrogen) atoms. The van der Waals surface area contributed by atoms with Crippen molar-refractivity contribution in [2.24, 2.45) is 0 Å². The van der Waals surface area contributed by atoms with Gasteiger partial charge < -0.3 is 35.2 Å². The molecule has 2 atom stereocenters. The SMILES string of the molecule is CC(C)(C)OC(=O)NCCNc1ccccc1N1CCN(C(=O)C(Cc2ccc(Cl)cc2)NC(=O)C2Cc3ccccc3CN2C(=O)OC(C)(C)C)CC1. The third kappa shape index (κ3) is 11.3. The number of nitrogens with zero attached hydrogens (tertiary/aromatic N) is 3. The Bertz CT molecular complexity index is 1780. The van der Waals surface area contributed by atoms with Crippen molar-refractivity contribution in [2.45, 2.75) is 84.2 Å². The molecule has 3 aromatic rings. The summed E-state index contributed by atoms with van der Waals surface area (Å²) < 4.78 is 11.0. The molecule has 2 aliphatic heterocycles. The Hall–Kier alpha value is -4.97. The quantitative estimate of drug-likeness (QED) is 0.214. The zero-order valence-electron chi connectivity index (χ0n) is 32.1. The number of carbonyl (C=O) groups is 4. The van der Waals surface area contributed by atoms with Gasteiger partial charge in [0.25, 0.3) is 0 Å². The van der Waals surface area contributed by atoms with Gasteiger partial charge in [-0.05, 0) is 82.5 Å². The lowest BCUT2D eigenvalue weighted by molar-refractivity contribution is -0.138. The number of hydrogen-bond donors (Lipinski definition) is 3. The van der Waals surface area contributed by atoms with E-state index in [1.165, 1.54) is 4.90 Å². The maximum atomic E-state index is 14.3. The molecular formula is C41H53ClN6O6. The second-order valence-electron chi connectivity index (χ2n) is 15.7. The minimum absolute atomic E-state index is 0.197. The highest BCUT2D eigenvalue weighted by molar-refractivity contribution is 6.30. The van der Waals surface area contributed by atoms with Gasteiger partial charge in [0.2, 0.25) is 11.8 Å². The topological polar surface area (TPSA) is 133 Å². The van der Waals surface area contributed by atoms with Crippen molar-refractivity contribution in [3.05, 3.63) is 94.5 Å². The number of benzene rings is 3. The number of alkyl carbamates (subject to hydrolysis) is 1. The zero-order chi connectivity index (χ0) is 39.0. The average Bonchev–Trinajstić information content (AvgIpc) is 3.12. The molecule has 0 radical (unpaired) electrons. The van der Waals surface area contributed by atoms with Crippen LogP contribution in [0.4, 0.5) is 21.0 Å². The molecule has 13 heteroatoms. The zero-order valence-corrected chi connectivity index (χ0v) is 32.9. The van der Waals surface area contributed by atoms with Crippen LogP contribution in [0.2, 0.25) is 5.02 Å². The number of amides is 4. The van der Waals surface area contributed by atoms with Crippen LogP contribution in [0.1, 0.15) is 58.2 Å². The second-order valence-corrected chi connectivity index (χ2v) is 16.1. The van der Waals surface area contributed by atoms with Gasteiger partial charge in [-0.3, -0.25) is 14.5 Å². The van der Waals surface area contributed by atoms with Gasteiger partial charge >= 0.3 is 12.2 Å². The van der Waals surface area contributed by atoms with Crippen molar-refractivity contribution >= 4 is 47.0 Å². The van der Waals surface area contributed by atoms with Gasteiger partial charge in [-0.25, -0.2) is 9.59 Å². The van der Waals surface area contributed by atoms with E-state index in [9.17, 15) is 19.2 Å². The number of anilines is 2. The second kappa shape index (κ2) is 17.4. The molecule has 290 valence electrons. The first kappa shape index (κ1) is 40.2. The molecule has 1 saturated heterocycles. The molecule has 0 spiro atoms. The highest BCUT2D eigenvalue weighted by atomic mass is 35.5.